The fourth-order valence-electron chi connectivity index (χ4n) is 1.34. The van der Waals surface area contributed by atoms with Crippen molar-refractivity contribution in [3.05, 3.63) is 35.9 Å². The lowest BCUT2D eigenvalue weighted by Gasteiger charge is -2.01. The third-order valence-electron chi connectivity index (χ3n) is 1.96. The standard InChI is InChI=1S/C12H16O2/c1-2-3-4-5-6-10-7-11(13)9-12(14)8-10/h3-4,7-9,13-14H,2,5-6H2,1H3/b4-3+. The van der Waals surface area contributed by atoms with Crippen LogP contribution in [0.15, 0.2) is 30.4 Å². The summed E-state index contributed by atoms with van der Waals surface area (Å²) in [6.45, 7) is 2.09. The molecular weight excluding hydrogens is 176 g/mol. The quantitative estimate of drug-likeness (QED) is 0.720. The van der Waals surface area contributed by atoms with Crippen LogP contribution in [0.25, 0.3) is 0 Å². The molecule has 2 heteroatoms. The molecule has 0 amide bonds. The van der Waals surface area contributed by atoms with E-state index < -0.39 is 0 Å². The lowest BCUT2D eigenvalue weighted by molar-refractivity contribution is 0.449. The number of phenolic OH excluding ortho intramolecular Hbond substituents is 2. The molecule has 0 radical (unpaired) electrons. The first-order valence-electron chi connectivity index (χ1n) is 4.89. The van der Waals surface area contributed by atoms with Crippen molar-refractivity contribution in [3.63, 3.8) is 0 Å². The number of phenols is 2. The molecule has 0 bridgehead atoms. The summed E-state index contributed by atoms with van der Waals surface area (Å²) in [5.41, 5.74) is 0.961. The highest BCUT2D eigenvalue weighted by atomic mass is 16.3. The maximum atomic E-state index is 9.22. The van der Waals surface area contributed by atoms with Gasteiger partial charge in [0.15, 0.2) is 0 Å². The van der Waals surface area contributed by atoms with Crippen LogP contribution in [0.3, 0.4) is 0 Å². The maximum absolute atomic E-state index is 9.22. The van der Waals surface area contributed by atoms with Gasteiger partial charge in [0.1, 0.15) is 11.5 Å². The number of rotatable bonds is 4. The van der Waals surface area contributed by atoms with Gasteiger partial charge in [-0.25, -0.2) is 0 Å². The summed E-state index contributed by atoms with van der Waals surface area (Å²) in [6, 6.07) is 4.70. The first kappa shape index (κ1) is 10.6. The van der Waals surface area contributed by atoms with Gasteiger partial charge in [-0.2, -0.15) is 0 Å². The van der Waals surface area contributed by atoms with Gasteiger partial charge in [-0.05, 0) is 37.0 Å². The van der Waals surface area contributed by atoms with E-state index in [1.807, 2.05) is 0 Å². The van der Waals surface area contributed by atoms with Crippen LogP contribution in [-0.2, 0) is 6.42 Å². The highest BCUT2D eigenvalue weighted by Crippen LogP contribution is 2.21. The highest BCUT2D eigenvalue weighted by molar-refractivity contribution is 5.36. The van der Waals surface area contributed by atoms with E-state index in [2.05, 4.69) is 19.1 Å². The molecule has 2 N–H and O–H groups in total. The third kappa shape index (κ3) is 3.52. The summed E-state index contributed by atoms with van der Waals surface area (Å²) in [7, 11) is 0. The highest BCUT2D eigenvalue weighted by Gasteiger charge is 1.97. The Labute approximate surface area is 84.5 Å². The summed E-state index contributed by atoms with van der Waals surface area (Å²) in [5.74, 6) is 0.249. The Bertz CT molecular complexity index is 296. The summed E-state index contributed by atoms with van der Waals surface area (Å²) in [4.78, 5) is 0. The number of aromatic hydroxyl groups is 2. The number of hydrogen-bond donors (Lipinski definition) is 2. The molecule has 1 aromatic carbocycles. The summed E-state index contributed by atoms with van der Waals surface area (Å²) >= 11 is 0. The number of aryl methyl sites for hydroxylation is 1. The van der Waals surface area contributed by atoms with Gasteiger partial charge in [-0.1, -0.05) is 19.1 Å². The molecule has 76 valence electrons. The molecule has 0 unspecified atom stereocenters. The summed E-state index contributed by atoms with van der Waals surface area (Å²) in [6.07, 6.45) is 7.06. The SMILES string of the molecule is CC/C=C/CCc1cc(O)cc(O)c1. The van der Waals surface area contributed by atoms with Gasteiger partial charge < -0.3 is 10.2 Å². The Balaban J connectivity index is 2.54. The van der Waals surface area contributed by atoms with Gasteiger partial charge in [0.25, 0.3) is 0 Å². The molecule has 1 aromatic rings. The molecule has 2 nitrogen and oxygen atoms in total. The van der Waals surface area contributed by atoms with Crippen molar-refractivity contribution < 1.29 is 10.2 Å². The van der Waals surface area contributed by atoms with E-state index in [0.717, 1.165) is 24.8 Å². The van der Waals surface area contributed by atoms with Crippen molar-refractivity contribution in [2.45, 2.75) is 26.2 Å². The molecular formula is C12H16O2. The molecule has 0 aliphatic carbocycles. The van der Waals surface area contributed by atoms with E-state index >= 15 is 0 Å². The maximum Gasteiger partial charge on any atom is 0.119 e. The van der Waals surface area contributed by atoms with E-state index in [0.29, 0.717) is 0 Å². The molecule has 0 spiro atoms. The average molecular weight is 192 g/mol. The monoisotopic (exact) mass is 192 g/mol. The largest absolute Gasteiger partial charge is 0.508 e. The first-order chi connectivity index (χ1) is 6.72. The zero-order valence-corrected chi connectivity index (χ0v) is 8.40. The molecule has 0 atom stereocenters. The van der Waals surface area contributed by atoms with Crippen molar-refractivity contribution in [3.8, 4) is 11.5 Å². The predicted molar refractivity (Wildman–Crippen MR) is 57.5 cm³/mol. The number of allylic oxidation sites excluding steroid dienone is 2. The normalized spacial score (nSPS) is 10.9. The molecule has 0 heterocycles. The zero-order chi connectivity index (χ0) is 10.4. The van der Waals surface area contributed by atoms with Crippen LogP contribution in [0.2, 0.25) is 0 Å². The molecule has 0 aliphatic rings. The minimum absolute atomic E-state index is 0.125. The summed E-state index contributed by atoms with van der Waals surface area (Å²) in [5, 5.41) is 18.4. The smallest absolute Gasteiger partial charge is 0.119 e. The van der Waals surface area contributed by atoms with Crippen molar-refractivity contribution in [1.29, 1.82) is 0 Å². The van der Waals surface area contributed by atoms with Crippen LogP contribution < -0.4 is 0 Å². The second-order valence-electron chi connectivity index (χ2n) is 3.28. The second kappa shape index (κ2) is 5.32. The van der Waals surface area contributed by atoms with Crippen molar-refractivity contribution in [1.82, 2.24) is 0 Å². The van der Waals surface area contributed by atoms with Crippen LogP contribution in [0.4, 0.5) is 0 Å². The van der Waals surface area contributed by atoms with Gasteiger partial charge in [0.05, 0.1) is 0 Å². The van der Waals surface area contributed by atoms with Crippen molar-refractivity contribution in [2.75, 3.05) is 0 Å². The van der Waals surface area contributed by atoms with Crippen molar-refractivity contribution >= 4 is 0 Å². The van der Waals surface area contributed by atoms with E-state index in [-0.39, 0.29) is 11.5 Å². The predicted octanol–water partition coefficient (Wildman–Crippen LogP) is 3.00. The molecule has 0 fully saturated rings. The molecule has 0 saturated carbocycles. The summed E-state index contributed by atoms with van der Waals surface area (Å²) < 4.78 is 0. The number of benzene rings is 1. The van der Waals surface area contributed by atoms with E-state index in [9.17, 15) is 10.2 Å². The van der Waals surface area contributed by atoms with E-state index in [4.69, 9.17) is 0 Å². The first-order valence-corrected chi connectivity index (χ1v) is 4.89. The average Bonchev–Trinajstić information content (AvgIpc) is 2.11. The molecule has 14 heavy (non-hydrogen) atoms. The Morgan fingerprint density at radius 1 is 1.07 bits per heavy atom. The molecule has 0 aromatic heterocycles. The fourth-order valence-corrected chi connectivity index (χ4v) is 1.34. The fraction of sp³-hybridized carbons (Fsp3) is 0.333. The minimum Gasteiger partial charge on any atom is -0.508 e. The van der Waals surface area contributed by atoms with Crippen LogP contribution >= 0.6 is 0 Å². The van der Waals surface area contributed by atoms with Crippen LogP contribution in [0, 0.1) is 0 Å². The Morgan fingerprint density at radius 2 is 1.71 bits per heavy atom. The van der Waals surface area contributed by atoms with Gasteiger partial charge in [0, 0.05) is 6.07 Å². The van der Waals surface area contributed by atoms with Crippen LogP contribution in [-0.4, -0.2) is 10.2 Å². The van der Waals surface area contributed by atoms with Crippen LogP contribution in [0.1, 0.15) is 25.3 Å². The topological polar surface area (TPSA) is 40.5 Å². The minimum atomic E-state index is 0.125. The third-order valence-corrected chi connectivity index (χ3v) is 1.96. The van der Waals surface area contributed by atoms with Gasteiger partial charge in [0.2, 0.25) is 0 Å². The Kier molecular flexibility index (Phi) is 4.05. The molecule has 0 aliphatic heterocycles. The van der Waals surface area contributed by atoms with Crippen molar-refractivity contribution in [2.24, 2.45) is 0 Å². The molecule has 0 saturated heterocycles. The Morgan fingerprint density at radius 3 is 2.29 bits per heavy atom. The number of hydrogen-bond acceptors (Lipinski definition) is 2. The van der Waals surface area contributed by atoms with Gasteiger partial charge in [-0.3, -0.25) is 0 Å². The zero-order valence-electron chi connectivity index (χ0n) is 8.40. The van der Waals surface area contributed by atoms with Crippen LogP contribution in [0.5, 0.6) is 11.5 Å². The second-order valence-corrected chi connectivity index (χ2v) is 3.28. The lowest BCUT2D eigenvalue weighted by Crippen LogP contribution is -1.82. The van der Waals surface area contributed by atoms with E-state index in [1.54, 1.807) is 12.1 Å². The molecule has 1 rings (SSSR count). The Hall–Kier alpha value is -1.44. The lowest BCUT2D eigenvalue weighted by atomic mass is 10.1. The van der Waals surface area contributed by atoms with Gasteiger partial charge >= 0.3 is 0 Å². The van der Waals surface area contributed by atoms with E-state index in [1.165, 1.54) is 6.07 Å². The van der Waals surface area contributed by atoms with Gasteiger partial charge in [-0.15, -0.1) is 0 Å².